The summed E-state index contributed by atoms with van der Waals surface area (Å²) in [6.45, 7) is 3.51. The summed E-state index contributed by atoms with van der Waals surface area (Å²) in [4.78, 5) is 32.8. The van der Waals surface area contributed by atoms with Gasteiger partial charge in [-0.05, 0) is 48.9 Å². The van der Waals surface area contributed by atoms with Crippen molar-refractivity contribution in [1.82, 2.24) is 9.88 Å². The molecule has 3 aromatic rings. The first kappa shape index (κ1) is 18.8. The number of thiazole rings is 1. The van der Waals surface area contributed by atoms with E-state index in [0.717, 1.165) is 47.1 Å². The Labute approximate surface area is 172 Å². The molecule has 1 aromatic carbocycles. The van der Waals surface area contributed by atoms with E-state index in [1.165, 1.54) is 0 Å². The molecule has 2 aromatic heterocycles. The van der Waals surface area contributed by atoms with Gasteiger partial charge in [0.15, 0.2) is 0 Å². The summed E-state index contributed by atoms with van der Waals surface area (Å²) < 4.78 is 0. The summed E-state index contributed by atoms with van der Waals surface area (Å²) in [6, 6.07) is 9.52. The Morgan fingerprint density at radius 3 is 2.71 bits per heavy atom. The Hall–Kier alpha value is -2.51. The van der Waals surface area contributed by atoms with E-state index in [2.05, 4.69) is 10.3 Å². The van der Waals surface area contributed by atoms with Crippen LogP contribution in [0.15, 0.2) is 41.1 Å². The lowest BCUT2D eigenvalue weighted by Crippen LogP contribution is -2.28. The Bertz CT molecular complexity index is 989. The van der Waals surface area contributed by atoms with Gasteiger partial charge in [0.05, 0.1) is 17.0 Å². The van der Waals surface area contributed by atoms with Crippen molar-refractivity contribution < 1.29 is 9.59 Å². The number of amides is 2. The fraction of sp³-hybridized carbons (Fsp3) is 0.286. The number of rotatable bonds is 5. The molecule has 0 radical (unpaired) electrons. The van der Waals surface area contributed by atoms with Crippen molar-refractivity contribution in [2.24, 2.45) is 0 Å². The molecule has 1 aliphatic rings. The van der Waals surface area contributed by atoms with E-state index in [1.54, 1.807) is 22.7 Å². The molecule has 0 spiro atoms. The molecule has 0 unspecified atom stereocenters. The Balaban J connectivity index is 1.44. The standard InChI is InChI=1S/C21H21N3O2S2/c1-14-16(21(26)24-9-2-3-10-24)6-4-7-17(14)23-19(25)12-15-13-28-20(22-15)18-8-5-11-27-18/h4-8,11,13H,2-3,9-10,12H2,1H3,(H,23,25). The SMILES string of the molecule is Cc1c(NC(=O)Cc2csc(-c3cccs3)n2)cccc1C(=O)N1CCCC1. The Morgan fingerprint density at radius 2 is 1.96 bits per heavy atom. The second kappa shape index (κ2) is 8.24. The topological polar surface area (TPSA) is 62.3 Å². The summed E-state index contributed by atoms with van der Waals surface area (Å²) >= 11 is 3.19. The van der Waals surface area contributed by atoms with Crippen LogP contribution in [0.2, 0.25) is 0 Å². The van der Waals surface area contributed by atoms with Gasteiger partial charge in [0.1, 0.15) is 5.01 Å². The number of carbonyl (C=O) groups excluding carboxylic acids is 2. The molecular formula is C21H21N3O2S2. The molecule has 0 bridgehead atoms. The van der Waals surface area contributed by atoms with Crippen molar-refractivity contribution >= 4 is 40.2 Å². The van der Waals surface area contributed by atoms with Gasteiger partial charge in [-0.25, -0.2) is 4.98 Å². The molecule has 1 fully saturated rings. The minimum absolute atomic E-state index is 0.0474. The number of hydrogen-bond donors (Lipinski definition) is 1. The van der Waals surface area contributed by atoms with Crippen LogP contribution in [-0.4, -0.2) is 34.8 Å². The van der Waals surface area contributed by atoms with Gasteiger partial charge in [-0.2, -0.15) is 0 Å². The molecule has 0 aliphatic carbocycles. The molecule has 144 valence electrons. The zero-order valence-corrected chi connectivity index (χ0v) is 17.2. The third-order valence-corrected chi connectivity index (χ3v) is 6.79. The van der Waals surface area contributed by atoms with E-state index in [-0.39, 0.29) is 18.2 Å². The molecule has 4 rings (SSSR count). The van der Waals surface area contributed by atoms with Crippen LogP contribution in [0.25, 0.3) is 9.88 Å². The number of nitrogens with one attached hydrogen (secondary N) is 1. The van der Waals surface area contributed by atoms with Crippen molar-refractivity contribution in [2.45, 2.75) is 26.2 Å². The van der Waals surface area contributed by atoms with Crippen molar-refractivity contribution in [3.05, 3.63) is 57.9 Å². The van der Waals surface area contributed by atoms with Gasteiger partial charge in [-0.1, -0.05) is 12.1 Å². The Kier molecular flexibility index (Phi) is 5.54. The highest BCUT2D eigenvalue weighted by Crippen LogP contribution is 2.28. The zero-order chi connectivity index (χ0) is 19.5. The maximum absolute atomic E-state index is 12.7. The first-order chi connectivity index (χ1) is 13.6. The molecule has 0 saturated carbocycles. The minimum atomic E-state index is -0.128. The van der Waals surface area contributed by atoms with Gasteiger partial charge in [0, 0.05) is 29.7 Å². The largest absolute Gasteiger partial charge is 0.339 e. The highest BCUT2D eigenvalue weighted by molar-refractivity contribution is 7.20. The number of nitrogens with zero attached hydrogens (tertiary/aromatic N) is 2. The molecule has 28 heavy (non-hydrogen) atoms. The first-order valence-electron chi connectivity index (χ1n) is 9.29. The van der Waals surface area contributed by atoms with Gasteiger partial charge in [0.2, 0.25) is 5.91 Å². The number of carbonyl (C=O) groups is 2. The average Bonchev–Trinajstić information content (AvgIpc) is 3.45. The second-order valence-electron chi connectivity index (χ2n) is 6.82. The van der Waals surface area contributed by atoms with E-state index < -0.39 is 0 Å². The number of aromatic nitrogens is 1. The lowest BCUT2D eigenvalue weighted by Gasteiger charge is -2.18. The molecule has 3 heterocycles. The smallest absolute Gasteiger partial charge is 0.254 e. The summed E-state index contributed by atoms with van der Waals surface area (Å²) in [6.07, 6.45) is 2.33. The molecule has 7 heteroatoms. The van der Waals surface area contributed by atoms with Gasteiger partial charge in [-0.15, -0.1) is 22.7 Å². The van der Waals surface area contributed by atoms with Gasteiger partial charge >= 0.3 is 0 Å². The Morgan fingerprint density at radius 1 is 1.14 bits per heavy atom. The number of likely N-dealkylation sites (tertiary alicyclic amines) is 1. The van der Waals surface area contributed by atoms with E-state index in [9.17, 15) is 9.59 Å². The predicted molar refractivity (Wildman–Crippen MR) is 114 cm³/mol. The highest BCUT2D eigenvalue weighted by atomic mass is 32.1. The van der Waals surface area contributed by atoms with Crippen LogP contribution >= 0.6 is 22.7 Å². The summed E-state index contributed by atoms with van der Waals surface area (Å²) in [5.74, 6) is -0.0805. The van der Waals surface area contributed by atoms with Gasteiger partial charge in [-0.3, -0.25) is 9.59 Å². The fourth-order valence-corrected chi connectivity index (χ4v) is 4.99. The van der Waals surface area contributed by atoms with Crippen LogP contribution in [-0.2, 0) is 11.2 Å². The lowest BCUT2D eigenvalue weighted by atomic mass is 10.1. The summed E-state index contributed by atoms with van der Waals surface area (Å²) in [5, 5.41) is 7.82. The number of thiophene rings is 1. The minimum Gasteiger partial charge on any atom is -0.339 e. The molecule has 1 aliphatic heterocycles. The maximum atomic E-state index is 12.7. The fourth-order valence-electron chi connectivity index (χ4n) is 3.35. The highest BCUT2D eigenvalue weighted by Gasteiger charge is 2.22. The van der Waals surface area contributed by atoms with Crippen LogP contribution < -0.4 is 5.32 Å². The molecule has 1 saturated heterocycles. The van der Waals surface area contributed by atoms with Crippen molar-refractivity contribution in [3.63, 3.8) is 0 Å². The zero-order valence-electron chi connectivity index (χ0n) is 15.6. The molecular weight excluding hydrogens is 390 g/mol. The van der Waals surface area contributed by atoms with E-state index >= 15 is 0 Å². The quantitative estimate of drug-likeness (QED) is 0.668. The van der Waals surface area contributed by atoms with Crippen LogP contribution in [0.5, 0.6) is 0 Å². The molecule has 2 amide bonds. The lowest BCUT2D eigenvalue weighted by molar-refractivity contribution is -0.115. The third kappa shape index (κ3) is 4.00. The average molecular weight is 412 g/mol. The predicted octanol–water partition coefficient (Wildman–Crippen LogP) is 4.60. The molecule has 5 nitrogen and oxygen atoms in total. The van der Waals surface area contributed by atoms with Crippen LogP contribution in [0.1, 0.15) is 34.5 Å². The third-order valence-electron chi connectivity index (χ3n) is 4.86. The van der Waals surface area contributed by atoms with Crippen LogP contribution in [0, 0.1) is 6.92 Å². The number of anilines is 1. The van der Waals surface area contributed by atoms with Crippen LogP contribution in [0.4, 0.5) is 5.69 Å². The molecule has 1 N–H and O–H groups in total. The van der Waals surface area contributed by atoms with E-state index in [0.29, 0.717) is 11.3 Å². The first-order valence-corrected chi connectivity index (χ1v) is 11.0. The van der Waals surface area contributed by atoms with Gasteiger partial charge in [0.25, 0.3) is 5.91 Å². The number of benzene rings is 1. The summed E-state index contributed by atoms with van der Waals surface area (Å²) in [5.41, 5.74) is 2.91. The van der Waals surface area contributed by atoms with Crippen molar-refractivity contribution in [3.8, 4) is 9.88 Å². The second-order valence-corrected chi connectivity index (χ2v) is 8.63. The van der Waals surface area contributed by atoms with Crippen molar-refractivity contribution in [2.75, 3.05) is 18.4 Å². The normalized spacial score (nSPS) is 13.7. The monoisotopic (exact) mass is 411 g/mol. The van der Waals surface area contributed by atoms with E-state index in [1.807, 2.05) is 52.9 Å². The van der Waals surface area contributed by atoms with Crippen LogP contribution in [0.3, 0.4) is 0 Å². The van der Waals surface area contributed by atoms with Crippen molar-refractivity contribution in [1.29, 1.82) is 0 Å². The number of hydrogen-bond acceptors (Lipinski definition) is 5. The van der Waals surface area contributed by atoms with E-state index in [4.69, 9.17) is 0 Å². The summed E-state index contributed by atoms with van der Waals surface area (Å²) in [7, 11) is 0. The molecule has 0 atom stereocenters. The maximum Gasteiger partial charge on any atom is 0.254 e. The van der Waals surface area contributed by atoms with Gasteiger partial charge < -0.3 is 10.2 Å².